The number of carbonyl (C=O) groups is 1. The minimum Gasteiger partial charge on any atom is -0.545 e. The van der Waals surface area contributed by atoms with Crippen LogP contribution >= 0.6 is 0 Å². The minimum atomic E-state index is -1.09. The highest BCUT2D eigenvalue weighted by molar-refractivity contribution is 5.83. The first-order chi connectivity index (χ1) is 11.2. The van der Waals surface area contributed by atoms with Gasteiger partial charge in [0.05, 0.1) is 5.97 Å². The highest BCUT2D eigenvalue weighted by Gasteiger charge is 1.96. The van der Waals surface area contributed by atoms with Gasteiger partial charge in [-0.05, 0) is 18.4 Å². The van der Waals surface area contributed by atoms with Crippen LogP contribution < -0.4 is 5.11 Å². The molecule has 23 heavy (non-hydrogen) atoms. The number of hydrogen-bond donors (Lipinski definition) is 0. The Bertz CT molecular complexity index is 284. The summed E-state index contributed by atoms with van der Waals surface area (Å²) in [6.45, 7) is 5.77. The molecule has 0 aromatic rings. The van der Waals surface area contributed by atoms with E-state index in [1.165, 1.54) is 89.9 Å². The molecule has 0 saturated carbocycles. The van der Waals surface area contributed by atoms with E-state index < -0.39 is 5.97 Å². The van der Waals surface area contributed by atoms with Gasteiger partial charge in [0.25, 0.3) is 0 Å². The number of hydrogen-bond acceptors (Lipinski definition) is 2. The summed E-state index contributed by atoms with van der Waals surface area (Å²) < 4.78 is 0. The molecule has 0 N–H and O–H groups in total. The minimum absolute atomic E-state index is 0.246. The Morgan fingerprint density at radius 2 is 0.957 bits per heavy atom. The van der Waals surface area contributed by atoms with Gasteiger partial charge < -0.3 is 9.90 Å². The third kappa shape index (κ3) is 17.4. The molecular weight excluding hydrogens is 284 g/mol. The predicted molar refractivity (Wildman–Crippen MR) is 98.3 cm³/mol. The summed E-state index contributed by atoms with van der Waals surface area (Å²) in [6, 6.07) is 0. The Kier molecular flexibility index (Phi) is 17.0. The first-order valence-corrected chi connectivity index (χ1v) is 10.1. The zero-order chi connectivity index (χ0) is 17.2. The predicted octanol–water partition coefficient (Wildman–Crippen LogP) is 5.94. The van der Waals surface area contributed by atoms with Gasteiger partial charge in [-0.3, -0.25) is 0 Å². The van der Waals surface area contributed by atoms with E-state index >= 15 is 0 Å². The SMILES string of the molecule is C=C(CCCCCCCCCCCCCCCCCC)C(=O)[O-]. The van der Waals surface area contributed by atoms with E-state index in [1.807, 2.05) is 0 Å². The Hall–Kier alpha value is -0.790. The van der Waals surface area contributed by atoms with E-state index in [2.05, 4.69) is 13.5 Å². The molecular formula is C21H39O2-. The van der Waals surface area contributed by atoms with Gasteiger partial charge in [-0.15, -0.1) is 0 Å². The summed E-state index contributed by atoms with van der Waals surface area (Å²) in [5.41, 5.74) is 0.246. The van der Waals surface area contributed by atoms with Gasteiger partial charge >= 0.3 is 0 Å². The van der Waals surface area contributed by atoms with Crippen LogP contribution in [0.5, 0.6) is 0 Å². The van der Waals surface area contributed by atoms with Crippen LogP contribution in [-0.4, -0.2) is 5.97 Å². The molecule has 0 fully saturated rings. The van der Waals surface area contributed by atoms with Gasteiger partial charge in [-0.2, -0.15) is 0 Å². The molecule has 2 heteroatoms. The lowest BCUT2D eigenvalue weighted by Gasteiger charge is -2.06. The quantitative estimate of drug-likeness (QED) is 0.231. The Balaban J connectivity index is 3.05. The first kappa shape index (κ1) is 22.2. The third-order valence-electron chi connectivity index (χ3n) is 4.62. The zero-order valence-corrected chi connectivity index (χ0v) is 15.5. The Labute approximate surface area is 144 Å². The van der Waals surface area contributed by atoms with Crippen molar-refractivity contribution in [1.82, 2.24) is 0 Å². The molecule has 0 aliphatic rings. The van der Waals surface area contributed by atoms with Crippen molar-refractivity contribution in [2.45, 2.75) is 116 Å². The molecule has 136 valence electrons. The van der Waals surface area contributed by atoms with Crippen LogP contribution in [0.25, 0.3) is 0 Å². The number of aliphatic carboxylic acids is 1. The highest BCUT2D eigenvalue weighted by atomic mass is 16.4. The van der Waals surface area contributed by atoms with E-state index in [4.69, 9.17) is 0 Å². The van der Waals surface area contributed by atoms with Gasteiger partial charge in [-0.1, -0.05) is 110 Å². The molecule has 0 bridgehead atoms. The van der Waals surface area contributed by atoms with Crippen molar-refractivity contribution in [3.63, 3.8) is 0 Å². The molecule has 0 saturated heterocycles. The molecule has 0 amide bonds. The van der Waals surface area contributed by atoms with Crippen molar-refractivity contribution in [2.75, 3.05) is 0 Å². The van der Waals surface area contributed by atoms with Crippen LogP contribution in [0.4, 0.5) is 0 Å². The van der Waals surface area contributed by atoms with Crippen LogP contribution in [0.3, 0.4) is 0 Å². The van der Waals surface area contributed by atoms with Gasteiger partial charge in [0.15, 0.2) is 0 Å². The monoisotopic (exact) mass is 323 g/mol. The Morgan fingerprint density at radius 3 is 1.26 bits per heavy atom. The molecule has 2 nitrogen and oxygen atoms in total. The lowest BCUT2D eigenvalue weighted by Crippen LogP contribution is -2.23. The highest BCUT2D eigenvalue weighted by Crippen LogP contribution is 2.14. The average molecular weight is 324 g/mol. The van der Waals surface area contributed by atoms with Crippen LogP contribution in [0.15, 0.2) is 12.2 Å². The number of rotatable bonds is 18. The normalized spacial score (nSPS) is 10.8. The first-order valence-electron chi connectivity index (χ1n) is 10.1. The van der Waals surface area contributed by atoms with Crippen LogP contribution in [-0.2, 0) is 4.79 Å². The molecule has 0 rings (SSSR count). The molecule has 0 aromatic heterocycles. The zero-order valence-electron chi connectivity index (χ0n) is 15.5. The molecule has 0 spiro atoms. The summed E-state index contributed by atoms with van der Waals surface area (Å²) >= 11 is 0. The fourth-order valence-electron chi connectivity index (χ4n) is 2.99. The second-order valence-corrected chi connectivity index (χ2v) is 6.94. The third-order valence-corrected chi connectivity index (χ3v) is 4.62. The van der Waals surface area contributed by atoms with Crippen LogP contribution in [0.2, 0.25) is 0 Å². The maximum Gasteiger partial charge on any atom is 0.0668 e. The molecule has 0 unspecified atom stereocenters. The fraction of sp³-hybridized carbons (Fsp3) is 0.857. The summed E-state index contributed by atoms with van der Waals surface area (Å²) in [6.07, 6.45) is 21.9. The van der Waals surface area contributed by atoms with E-state index in [0.717, 1.165) is 12.8 Å². The number of carbonyl (C=O) groups excluding carboxylic acids is 1. The Morgan fingerprint density at radius 1 is 0.652 bits per heavy atom. The van der Waals surface area contributed by atoms with Gasteiger partial charge in [0.2, 0.25) is 0 Å². The van der Waals surface area contributed by atoms with Crippen molar-refractivity contribution < 1.29 is 9.90 Å². The van der Waals surface area contributed by atoms with Crippen molar-refractivity contribution >= 4 is 5.97 Å². The number of unbranched alkanes of at least 4 members (excludes halogenated alkanes) is 15. The number of carboxylic acids is 1. The molecule has 0 heterocycles. The van der Waals surface area contributed by atoms with Crippen LogP contribution in [0, 0.1) is 0 Å². The molecule has 0 aromatic carbocycles. The summed E-state index contributed by atoms with van der Waals surface area (Å²) in [5.74, 6) is -1.09. The topological polar surface area (TPSA) is 40.1 Å². The summed E-state index contributed by atoms with van der Waals surface area (Å²) in [7, 11) is 0. The van der Waals surface area contributed by atoms with Gasteiger partial charge in [0, 0.05) is 0 Å². The second-order valence-electron chi connectivity index (χ2n) is 6.94. The molecule has 0 aliphatic carbocycles. The van der Waals surface area contributed by atoms with Crippen molar-refractivity contribution in [3.05, 3.63) is 12.2 Å². The number of carboxylic acid groups (broad SMARTS) is 1. The van der Waals surface area contributed by atoms with E-state index in [0.29, 0.717) is 6.42 Å². The van der Waals surface area contributed by atoms with Crippen LogP contribution in [0.1, 0.15) is 116 Å². The molecule has 0 aliphatic heterocycles. The lowest BCUT2D eigenvalue weighted by molar-refractivity contribution is -0.299. The second kappa shape index (κ2) is 17.6. The van der Waals surface area contributed by atoms with Gasteiger partial charge in [-0.25, -0.2) is 0 Å². The van der Waals surface area contributed by atoms with Gasteiger partial charge in [0.1, 0.15) is 0 Å². The van der Waals surface area contributed by atoms with Crippen molar-refractivity contribution in [3.8, 4) is 0 Å². The lowest BCUT2D eigenvalue weighted by atomic mass is 10.0. The van der Waals surface area contributed by atoms with E-state index in [9.17, 15) is 9.90 Å². The smallest absolute Gasteiger partial charge is 0.0668 e. The summed E-state index contributed by atoms with van der Waals surface area (Å²) in [4.78, 5) is 10.5. The van der Waals surface area contributed by atoms with E-state index in [1.54, 1.807) is 0 Å². The molecule has 0 radical (unpaired) electrons. The largest absolute Gasteiger partial charge is 0.545 e. The fourth-order valence-corrected chi connectivity index (χ4v) is 2.99. The maximum atomic E-state index is 10.5. The summed E-state index contributed by atoms with van der Waals surface area (Å²) in [5, 5.41) is 10.5. The van der Waals surface area contributed by atoms with Crippen molar-refractivity contribution in [1.29, 1.82) is 0 Å². The maximum absolute atomic E-state index is 10.5. The average Bonchev–Trinajstić information content (AvgIpc) is 2.54. The molecule has 0 atom stereocenters. The van der Waals surface area contributed by atoms with E-state index in [-0.39, 0.29) is 5.57 Å². The standard InChI is InChI=1S/C21H40O2/c1-3-4-5-6-7-8-9-10-11-12-13-14-15-16-17-18-19-20(2)21(22)23/h2-19H2,1H3,(H,22,23)/p-1. The van der Waals surface area contributed by atoms with Crippen molar-refractivity contribution in [2.24, 2.45) is 0 Å².